The molecule has 3 aliphatic rings. The molecule has 0 radical (unpaired) electrons. The van der Waals surface area contributed by atoms with Crippen LogP contribution in [0.5, 0.6) is 0 Å². The molecule has 2 aliphatic carbocycles. The molecule has 1 aromatic heterocycles. The number of fused-ring (bicyclic) bond motifs is 2. The van der Waals surface area contributed by atoms with Gasteiger partial charge in [0, 0.05) is 37.4 Å². The first kappa shape index (κ1) is 26.1. The van der Waals surface area contributed by atoms with Gasteiger partial charge in [0.2, 0.25) is 5.91 Å². The summed E-state index contributed by atoms with van der Waals surface area (Å²) in [5, 5.41) is 3.72. The maximum Gasteiger partial charge on any atom is 0.417 e. The van der Waals surface area contributed by atoms with Crippen LogP contribution in [0.25, 0.3) is 11.1 Å². The van der Waals surface area contributed by atoms with E-state index in [9.17, 15) is 18.0 Å². The Morgan fingerprint density at radius 2 is 1.85 bits per heavy atom. The Balaban J connectivity index is 1.07. The van der Waals surface area contributed by atoms with Gasteiger partial charge in [-0.2, -0.15) is 13.2 Å². The molecule has 1 N–H and O–H groups in total. The fourth-order valence-corrected chi connectivity index (χ4v) is 7.13. The van der Waals surface area contributed by atoms with Crippen LogP contribution in [0.2, 0.25) is 0 Å². The van der Waals surface area contributed by atoms with Gasteiger partial charge in [0.15, 0.2) is 0 Å². The summed E-state index contributed by atoms with van der Waals surface area (Å²) in [6.45, 7) is 1.60. The van der Waals surface area contributed by atoms with Gasteiger partial charge >= 0.3 is 6.18 Å². The minimum atomic E-state index is -4.43. The molecule has 3 atom stereocenters. The van der Waals surface area contributed by atoms with Gasteiger partial charge in [-0.3, -0.25) is 9.78 Å². The van der Waals surface area contributed by atoms with Crippen molar-refractivity contribution in [1.29, 1.82) is 0 Å². The van der Waals surface area contributed by atoms with Gasteiger partial charge in [-0.05, 0) is 72.9 Å². The average molecular weight is 534 g/mol. The van der Waals surface area contributed by atoms with Gasteiger partial charge in [-0.15, -0.1) is 0 Å². The predicted molar refractivity (Wildman–Crippen MR) is 145 cm³/mol. The first-order chi connectivity index (χ1) is 18.8. The molecule has 3 unspecified atom stereocenters. The second-order valence-corrected chi connectivity index (χ2v) is 11.5. The van der Waals surface area contributed by atoms with Crippen LogP contribution in [0.15, 0.2) is 66.9 Å². The summed E-state index contributed by atoms with van der Waals surface area (Å²) in [6.07, 6.45) is 2.68. The SMILES string of the molecule is O=C(N1CCc2ncc(C(F)(F)F)cc2C1)C12CCCC1CC(NCCc1ccc(-c3ccccc3)cc1)C2. The van der Waals surface area contributed by atoms with E-state index in [4.69, 9.17) is 0 Å². The van der Waals surface area contributed by atoms with Crippen LogP contribution in [0.1, 0.15) is 54.5 Å². The fraction of sp³-hybridized carbons (Fsp3) is 0.438. The van der Waals surface area contributed by atoms with Gasteiger partial charge in [0.25, 0.3) is 0 Å². The highest BCUT2D eigenvalue weighted by atomic mass is 19.4. The number of hydrogen-bond acceptors (Lipinski definition) is 3. The van der Waals surface area contributed by atoms with Crippen molar-refractivity contribution in [3.8, 4) is 11.1 Å². The molecular formula is C32H34F3N3O. The standard InChI is InChI=1S/C32H34F3N3O/c33-32(34,35)27-17-25-21-38(16-13-29(25)37-20-27)30(39)31-14-4-7-26(31)18-28(19-31)36-15-12-22-8-10-24(11-9-22)23-5-2-1-3-6-23/h1-3,5-6,8-11,17,20,26,28,36H,4,7,12-16,18-19,21H2. The summed E-state index contributed by atoms with van der Waals surface area (Å²) in [6, 6.07) is 20.5. The number of amides is 1. The van der Waals surface area contributed by atoms with Crippen LogP contribution >= 0.6 is 0 Å². The molecule has 7 heteroatoms. The molecule has 1 amide bonds. The van der Waals surface area contributed by atoms with Gasteiger partial charge < -0.3 is 10.2 Å². The number of nitrogens with one attached hydrogen (secondary N) is 1. The van der Waals surface area contributed by atoms with E-state index in [1.54, 1.807) is 4.90 Å². The summed E-state index contributed by atoms with van der Waals surface area (Å²) in [5.74, 6) is 0.475. The van der Waals surface area contributed by atoms with Crippen molar-refractivity contribution in [3.05, 3.63) is 89.2 Å². The third-order valence-corrected chi connectivity index (χ3v) is 9.12. The highest BCUT2D eigenvalue weighted by Gasteiger charge is 2.56. The fourth-order valence-electron chi connectivity index (χ4n) is 7.13. The first-order valence-electron chi connectivity index (χ1n) is 14.0. The molecule has 2 heterocycles. The average Bonchev–Trinajstić information content (AvgIpc) is 3.51. The molecular weight excluding hydrogens is 499 g/mol. The monoisotopic (exact) mass is 533 g/mol. The minimum absolute atomic E-state index is 0.133. The molecule has 4 nitrogen and oxygen atoms in total. The van der Waals surface area contributed by atoms with Crippen LogP contribution < -0.4 is 5.32 Å². The largest absolute Gasteiger partial charge is 0.417 e. The van der Waals surface area contributed by atoms with Crippen molar-refractivity contribution >= 4 is 5.91 Å². The number of carbonyl (C=O) groups is 1. The van der Waals surface area contributed by atoms with E-state index < -0.39 is 11.7 Å². The van der Waals surface area contributed by atoms with Gasteiger partial charge in [-0.1, -0.05) is 61.0 Å². The van der Waals surface area contributed by atoms with Crippen molar-refractivity contribution in [2.45, 2.75) is 63.7 Å². The lowest BCUT2D eigenvalue weighted by Crippen LogP contribution is -2.47. The van der Waals surface area contributed by atoms with Gasteiger partial charge in [0.1, 0.15) is 0 Å². The van der Waals surface area contributed by atoms with E-state index in [0.29, 0.717) is 36.2 Å². The molecule has 3 aromatic rings. The summed E-state index contributed by atoms with van der Waals surface area (Å²) >= 11 is 0. The maximum absolute atomic E-state index is 13.9. The van der Waals surface area contributed by atoms with Crippen LogP contribution in [-0.2, 0) is 30.4 Å². The Morgan fingerprint density at radius 1 is 1.08 bits per heavy atom. The highest BCUT2D eigenvalue weighted by molar-refractivity contribution is 5.84. The summed E-state index contributed by atoms with van der Waals surface area (Å²) in [7, 11) is 0. The predicted octanol–water partition coefficient (Wildman–Crippen LogP) is 6.43. The maximum atomic E-state index is 13.9. The van der Waals surface area contributed by atoms with E-state index in [1.165, 1.54) is 22.8 Å². The van der Waals surface area contributed by atoms with E-state index >= 15 is 0 Å². The second-order valence-electron chi connectivity index (χ2n) is 11.5. The molecule has 2 fully saturated rings. The van der Waals surface area contributed by atoms with Crippen molar-refractivity contribution < 1.29 is 18.0 Å². The minimum Gasteiger partial charge on any atom is -0.337 e. The van der Waals surface area contributed by atoms with Crippen molar-refractivity contribution in [2.75, 3.05) is 13.1 Å². The van der Waals surface area contributed by atoms with Crippen molar-refractivity contribution in [1.82, 2.24) is 15.2 Å². The van der Waals surface area contributed by atoms with Crippen LogP contribution in [0, 0.1) is 11.3 Å². The lowest BCUT2D eigenvalue weighted by Gasteiger charge is -2.37. The number of pyridine rings is 1. The molecule has 6 rings (SSSR count). The Bertz CT molecular complexity index is 1320. The summed E-state index contributed by atoms with van der Waals surface area (Å²) in [4.78, 5) is 19.8. The normalized spacial score (nSPS) is 24.4. The van der Waals surface area contributed by atoms with Gasteiger partial charge in [-0.25, -0.2) is 0 Å². The number of halogens is 3. The Morgan fingerprint density at radius 3 is 2.62 bits per heavy atom. The number of hydrogen-bond donors (Lipinski definition) is 1. The summed E-state index contributed by atoms with van der Waals surface area (Å²) < 4.78 is 39.7. The van der Waals surface area contributed by atoms with E-state index in [2.05, 4.69) is 46.7 Å². The lowest BCUT2D eigenvalue weighted by molar-refractivity contribution is -0.144. The van der Waals surface area contributed by atoms with Crippen molar-refractivity contribution in [3.63, 3.8) is 0 Å². The zero-order valence-electron chi connectivity index (χ0n) is 22.0. The smallest absolute Gasteiger partial charge is 0.337 e. The zero-order valence-corrected chi connectivity index (χ0v) is 22.0. The first-order valence-corrected chi connectivity index (χ1v) is 14.0. The molecule has 0 saturated heterocycles. The van der Waals surface area contributed by atoms with Crippen LogP contribution in [0.3, 0.4) is 0 Å². The molecule has 2 aromatic carbocycles. The van der Waals surface area contributed by atoms with E-state index in [1.807, 2.05) is 18.2 Å². The number of rotatable bonds is 6. The van der Waals surface area contributed by atoms with E-state index in [-0.39, 0.29) is 17.9 Å². The molecule has 1 aliphatic heterocycles. The molecule has 2 saturated carbocycles. The second kappa shape index (κ2) is 10.4. The quantitative estimate of drug-likeness (QED) is 0.397. The number of benzene rings is 2. The number of alkyl halides is 3. The Hall–Kier alpha value is -3.19. The topological polar surface area (TPSA) is 45.2 Å². The number of nitrogens with zero attached hydrogens (tertiary/aromatic N) is 2. The lowest BCUT2D eigenvalue weighted by atomic mass is 9.78. The summed E-state index contributed by atoms with van der Waals surface area (Å²) in [5.41, 5.74) is 3.78. The zero-order chi connectivity index (χ0) is 27.0. The third kappa shape index (κ3) is 5.21. The van der Waals surface area contributed by atoms with Crippen LogP contribution in [-0.4, -0.2) is 34.9 Å². The Kier molecular flexibility index (Phi) is 6.96. The highest BCUT2D eigenvalue weighted by Crippen LogP contribution is 2.55. The van der Waals surface area contributed by atoms with Gasteiger partial charge in [0.05, 0.1) is 11.0 Å². The molecule has 204 valence electrons. The van der Waals surface area contributed by atoms with Crippen LogP contribution in [0.4, 0.5) is 13.2 Å². The number of carbonyl (C=O) groups excluding carboxylic acids is 1. The number of aromatic nitrogens is 1. The van der Waals surface area contributed by atoms with Crippen molar-refractivity contribution in [2.24, 2.45) is 11.3 Å². The molecule has 0 bridgehead atoms. The molecule has 39 heavy (non-hydrogen) atoms. The Labute approximate surface area is 227 Å². The third-order valence-electron chi connectivity index (χ3n) is 9.12. The van der Waals surface area contributed by atoms with E-state index in [0.717, 1.165) is 51.3 Å². The molecule has 0 spiro atoms.